The smallest absolute Gasteiger partial charge is 0.119 e. The van der Waals surface area contributed by atoms with Crippen LogP contribution in [-0.2, 0) is 0 Å². The third-order valence-corrected chi connectivity index (χ3v) is 5.18. The van der Waals surface area contributed by atoms with Gasteiger partial charge in [-0.15, -0.1) is 11.6 Å². The van der Waals surface area contributed by atoms with E-state index in [1.165, 1.54) is 25.7 Å². The van der Waals surface area contributed by atoms with E-state index < -0.39 is 0 Å². The van der Waals surface area contributed by atoms with Crippen LogP contribution < -0.4 is 4.74 Å². The quantitative estimate of drug-likeness (QED) is 0.711. The van der Waals surface area contributed by atoms with Crippen molar-refractivity contribution in [1.29, 1.82) is 0 Å². The minimum absolute atomic E-state index is 0.251. The largest absolute Gasteiger partial charge is 0.490 e. The Balaban J connectivity index is 1.72. The van der Waals surface area contributed by atoms with E-state index in [1.807, 2.05) is 24.3 Å². The zero-order valence-electron chi connectivity index (χ0n) is 9.66. The van der Waals surface area contributed by atoms with Crippen LogP contribution in [0.5, 0.6) is 5.75 Å². The molecule has 0 bridgehead atoms. The van der Waals surface area contributed by atoms with Crippen LogP contribution in [0.25, 0.3) is 0 Å². The molecule has 92 valence electrons. The SMILES string of the molecule is Clc1ccc(OC2CC(Cl)C23CCCC3)cc1. The average Bonchev–Trinajstić information content (AvgIpc) is 2.83. The summed E-state index contributed by atoms with van der Waals surface area (Å²) in [5, 5.41) is 1.05. The molecule has 2 atom stereocenters. The fourth-order valence-electron chi connectivity index (χ4n) is 3.21. The van der Waals surface area contributed by atoms with Gasteiger partial charge in [0.25, 0.3) is 0 Å². The molecular weight excluding hydrogens is 255 g/mol. The predicted molar refractivity (Wildman–Crippen MR) is 71.0 cm³/mol. The fraction of sp³-hybridized carbons (Fsp3) is 0.571. The molecule has 0 aromatic heterocycles. The summed E-state index contributed by atoms with van der Waals surface area (Å²) in [6.07, 6.45) is 6.31. The molecule has 2 unspecified atom stereocenters. The number of halogens is 2. The minimum atomic E-state index is 0.251. The second-order valence-electron chi connectivity index (χ2n) is 5.20. The number of alkyl halides is 1. The maximum Gasteiger partial charge on any atom is 0.119 e. The topological polar surface area (TPSA) is 9.23 Å². The summed E-state index contributed by atoms with van der Waals surface area (Å²) in [7, 11) is 0. The van der Waals surface area contributed by atoms with E-state index in [-0.39, 0.29) is 5.41 Å². The van der Waals surface area contributed by atoms with Gasteiger partial charge in [-0.25, -0.2) is 0 Å². The Morgan fingerprint density at radius 1 is 1.12 bits per heavy atom. The maximum absolute atomic E-state index is 6.40. The van der Waals surface area contributed by atoms with Crippen LogP contribution in [-0.4, -0.2) is 11.5 Å². The van der Waals surface area contributed by atoms with Gasteiger partial charge in [-0.1, -0.05) is 24.4 Å². The van der Waals surface area contributed by atoms with Crippen molar-refractivity contribution in [2.24, 2.45) is 5.41 Å². The highest BCUT2D eigenvalue weighted by molar-refractivity contribution is 6.30. The van der Waals surface area contributed by atoms with Crippen LogP contribution in [0.4, 0.5) is 0 Å². The van der Waals surface area contributed by atoms with Gasteiger partial charge in [0.1, 0.15) is 11.9 Å². The summed E-state index contributed by atoms with van der Waals surface area (Å²) in [5.41, 5.74) is 0.251. The van der Waals surface area contributed by atoms with Gasteiger partial charge in [0.2, 0.25) is 0 Å². The molecule has 0 aliphatic heterocycles. The minimum Gasteiger partial charge on any atom is -0.490 e. The molecule has 3 rings (SSSR count). The summed E-state index contributed by atoms with van der Waals surface area (Å²) < 4.78 is 6.07. The Labute approximate surface area is 112 Å². The third kappa shape index (κ3) is 1.94. The first-order valence-electron chi connectivity index (χ1n) is 6.27. The van der Waals surface area contributed by atoms with Crippen molar-refractivity contribution in [2.75, 3.05) is 0 Å². The van der Waals surface area contributed by atoms with Crippen molar-refractivity contribution in [3.05, 3.63) is 29.3 Å². The molecule has 2 fully saturated rings. The molecule has 1 aromatic carbocycles. The molecule has 0 amide bonds. The fourth-order valence-corrected chi connectivity index (χ4v) is 3.86. The molecule has 2 saturated carbocycles. The standard InChI is InChI=1S/C14H16Cl2O/c15-10-3-5-11(6-4-10)17-13-9-12(16)14(13)7-1-2-8-14/h3-6,12-13H,1-2,7-9H2. The van der Waals surface area contributed by atoms with Gasteiger partial charge in [0, 0.05) is 22.2 Å². The molecular formula is C14H16Cl2O. The molecule has 1 nitrogen and oxygen atoms in total. The van der Waals surface area contributed by atoms with E-state index in [2.05, 4.69) is 0 Å². The van der Waals surface area contributed by atoms with Crippen LogP contribution in [0.3, 0.4) is 0 Å². The highest BCUT2D eigenvalue weighted by atomic mass is 35.5. The Kier molecular flexibility index (Phi) is 3.00. The second kappa shape index (κ2) is 4.37. The van der Waals surface area contributed by atoms with Gasteiger partial charge >= 0.3 is 0 Å². The third-order valence-electron chi connectivity index (χ3n) is 4.31. The first-order valence-corrected chi connectivity index (χ1v) is 7.08. The lowest BCUT2D eigenvalue weighted by Gasteiger charge is -2.50. The maximum atomic E-state index is 6.40. The monoisotopic (exact) mass is 270 g/mol. The van der Waals surface area contributed by atoms with E-state index in [9.17, 15) is 0 Å². The van der Waals surface area contributed by atoms with E-state index in [0.29, 0.717) is 11.5 Å². The number of benzene rings is 1. The van der Waals surface area contributed by atoms with Crippen LogP contribution in [0.2, 0.25) is 5.02 Å². The van der Waals surface area contributed by atoms with E-state index >= 15 is 0 Å². The number of hydrogen-bond donors (Lipinski definition) is 0. The van der Waals surface area contributed by atoms with Gasteiger partial charge < -0.3 is 4.74 Å². The van der Waals surface area contributed by atoms with Gasteiger partial charge in [-0.3, -0.25) is 0 Å². The molecule has 2 aliphatic carbocycles. The average molecular weight is 271 g/mol. The van der Waals surface area contributed by atoms with Crippen LogP contribution in [0.15, 0.2) is 24.3 Å². The van der Waals surface area contributed by atoms with Gasteiger partial charge in [-0.05, 0) is 37.1 Å². The van der Waals surface area contributed by atoms with Crippen LogP contribution >= 0.6 is 23.2 Å². The summed E-state index contributed by atoms with van der Waals surface area (Å²) in [6, 6.07) is 7.61. The van der Waals surface area contributed by atoms with Crippen LogP contribution in [0.1, 0.15) is 32.1 Å². The predicted octanol–water partition coefficient (Wildman–Crippen LogP) is 4.66. The lowest BCUT2D eigenvalue weighted by Crippen LogP contribution is -2.55. The lowest BCUT2D eigenvalue weighted by atomic mass is 9.64. The molecule has 1 spiro atoms. The van der Waals surface area contributed by atoms with Gasteiger partial charge in [0.15, 0.2) is 0 Å². The molecule has 0 N–H and O–H groups in total. The normalized spacial score (nSPS) is 30.2. The van der Waals surface area contributed by atoms with Crippen molar-refractivity contribution in [2.45, 2.75) is 43.6 Å². The summed E-state index contributed by atoms with van der Waals surface area (Å²) in [6.45, 7) is 0. The number of rotatable bonds is 2. The Hall–Kier alpha value is -0.400. The van der Waals surface area contributed by atoms with Gasteiger partial charge in [-0.2, -0.15) is 0 Å². The number of hydrogen-bond acceptors (Lipinski definition) is 1. The molecule has 0 heterocycles. The molecule has 2 aliphatic rings. The molecule has 0 radical (unpaired) electrons. The lowest BCUT2D eigenvalue weighted by molar-refractivity contribution is -0.0355. The van der Waals surface area contributed by atoms with Crippen molar-refractivity contribution in [3.63, 3.8) is 0 Å². The summed E-state index contributed by atoms with van der Waals surface area (Å²) >= 11 is 12.3. The van der Waals surface area contributed by atoms with Gasteiger partial charge in [0.05, 0.1) is 0 Å². The Morgan fingerprint density at radius 2 is 1.76 bits per heavy atom. The summed E-state index contributed by atoms with van der Waals surface area (Å²) in [5.74, 6) is 0.911. The van der Waals surface area contributed by atoms with Crippen molar-refractivity contribution >= 4 is 23.2 Å². The Bertz CT molecular complexity index is 395. The highest BCUT2D eigenvalue weighted by Gasteiger charge is 2.56. The second-order valence-corrected chi connectivity index (χ2v) is 6.17. The molecule has 17 heavy (non-hydrogen) atoms. The highest BCUT2D eigenvalue weighted by Crippen LogP contribution is 2.57. The van der Waals surface area contributed by atoms with Crippen molar-refractivity contribution in [1.82, 2.24) is 0 Å². The molecule has 1 aromatic rings. The van der Waals surface area contributed by atoms with Crippen molar-refractivity contribution < 1.29 is 4.74 Å². The first kappa shape index (κ1) is 11.7. The van der Waals surface area contributed by atoms with E-state index in [0.717, 1.165) is 17.2 Å². The van der Waals surface area contributed by atoms with Crippen molar-refractivity contribution in [3.8, 4) is 5.75 Å². The summed E-state index contributed by atoms with van der Waals surface area (Å²) in [4.78, 5) is 0. The Morgan fingerprint density at radius 3 is 2.35 bits per heavy atom. The first-order chi connectivity index (χ1) is 8.21. The molecule has 0 saturated heterocycles. The molecule has 3 heteroatoms. The number of ether oxygens (including phenoxy) is 1. The van der Waals surface area contributed by atoms with Crippen LogP contribution in [0, 0.1) is 5.41 Å². The van der Waals surface area contributed by atoms with E-state index in [1.54, 1.807) is 0 Å². The zero-order valence-corrected chi connectivity index (χ0v) is 11.2. The zero-order chi connectivity index (χ0) is 11.9. The van der Waals surface area contributed by atoms with E-state index in [4.69, 9.17) is 27.9 Å².